The molecule has 0 radical (unpaired) electrons. The number of para-hydroxylation sites is 5. The van der Waals surface area contributed by atoms with Crippen LogP contribution in [0, 0.1) is 20.8 Å². The summed E-state index contributed by atoms with van der Waals surface area (Å²) in [6, 6.07) is 68.6. The third kappa shape index (κ3) is 11.9. The lowest BCUT2D eigenvalue weighted by Crippen LogP contribution is -2.31. The molecule has 12 nitrogen and oxygen atoms in total. The fraction of sp³-hybridized carbons (Fsp3) is 0.257. The van der Waals surface area contributed by atoms with Gasteiger partial charge < -0.3 is 13.7 Å². The predicted octanol–water partition coefficient (Wildman–Crippen LogP) is 24.3. The number of hydrogen-bond donors (Lipinski definition) is 0. The van der Waals surface area contributed by atoms with Crippen LogP contribution in [0.2, 0.25) is 0 Å². The van der Waals surface area contributed by atoms with Gasteiger partial charge in [0.05, 0.1) is 54.9 Å². The summed E-state index contributed by atoms with van der Waals surface area (Å²) in [7, 11) is 6.55. The van der Waals surface area contributed by atoms with Crippen molar-refractivity contribution >= 4 is 64.3 Å². The molecule has 13 heteroatoms. The first kappa shape index (κ1) is 73.3. The first-order valence-electron chi connectivity index (χ1n) is 43.0. The van der Waals surface area contributed by atoms with Crippen molar-refractivity contribution in [1.82, 2.24) is 42.4 Å². The molecule has 10 heterocycles. The number of hydrogen-bond acceptors (Lipinski definition) is 4. The Hall–Kier alpha value is -12.3. The molecule has 0 aliphatic carbocycles. The Balaban J connectivity index is 0.000000120. The Morgan fingerprint density at radius 3 is 1.39 bits per heavy atom. The van der Waals surface area contributed by atoms with E-state index in [-0.39, 0.29) is 0 Å². The summed E-state index contributed by atoms with van der Waals surface area (Å²) in [6.07, 6.45) is 18.6. The van der Waals surface area contributed by atoms with Crippen molar-refractivity contribution in [3.63, 3.8) is 0 Å². The molecule has 0 unspecified atom stereocenters. The lowest BCUT2D eigenvalue weighted by molar-refractivity contribution is -0.659. The molecule has 0 amide bonds. The number of imidazole rings is 6. The van der Waals surface area contributed by atoms with E-state index in [1.165, 1.54) is 166 Å². The molecule has 21 rings (SSSR count). The van der Waals surface area contributed by atoms with Crippen molar-refractivity contribution < 1.29 is 16.4 Å². The molecule has 0 fully saturated rings. The first-order chi connectivity index (χ1) is 57.7. The second kappa shape index (κ2) is 29.4. The number of nitrogens with zero attached hydrogens (tertiary/aromatic N) is 12. The van der Waals surface area contributed by atoms with E-state index in [1.54, 1.807) is 11.3 Å². The van der Waals surface area contributed by atoms with Crippen molar-refractivity contribution in [2.45, 2.75) is 159 Å². The molecule has 18 aromatic rings. The van der Waals surface area contributed by atoms with Crippen LogP contribution in [0.1, 0.15) is 206 Å². The molecule has 0 N–H and O–H groups in total. The SMILES string of the molecule is Cc1ccc2c(c1-c1n(-c3c(C(C)C)cc(-c4ccccc4)cc3C(C)C)c3ccccc3[n+]1C)Cc1nccn1-2.Cc1ccc2c(c1-c1n(-c3c(C(C)C)cccc3C(C)C)c3ccccc3[n+]1C)Cc1nccn1-2.[2H]C(C)(C)c1cc2c(sc3ccccc32)c(C([2H])(C)C)c1-n1cc[n+](C)c1-c1c2c(c3ccccc3c1C)-n1ccnc1C2. The van der Waals surface area contributed by atoms with Crippen molar-refractivity contribution in [3.05, 3.63) is 322 Å². The van der Waals surface area contributed by atoms with Gasteiger partial charge in [0.15, 0.2) is 22.1 Å². The van der Waals surface area contributed by atoms with Gasteiger partial charge in [0.25, 0.3) is 17.5 Å². The maximum atomic E-state index is 9.56. The van der Waals surface area contributed by atoms with E-state index in [9.17, 15) is 2.74 Å². The highest BCUT2D eigenvalue weighted by Gasteiger charge is 2.40. The normalized spacial score (nSPS) is 13.1. The van der Waals surface area contributed by atoms with Crippen molar-refractivity contribution in [1.29, 1.82) is 0 Å². The first-order valence-corrected chi connectivity index (χ1v) is 42.8. The third-order valence-electron chi connectivity index (χ3n) is 25.4. The number of benzene rings is 11. The largest absolute Gasteiger partial charge is 0.303 e. The standard InChI is InChI=1S/C37H35N4S.C37H37N4.C31H33N4/c1-21(2)27-19-28-25-12-9-10-14-30(25)42-36(28)32(22(3)4)35(27)41-18-17-39(6)37(41)33-23(5)24-11-7-8-13-26(24)34-29(33)20-31-38-15-16-40(31)34;1-23(2)28-20-27(26-12-8-7-9-13-26)21-29(24(3)4)36(28)41-33-15-11-10-14-32(33)39(6)37(41)35-25(5)16-17-31-30(35)22-34-38-18-19-40(31)34;1-19(2)22-10-9-11-23(20(3)4)30(22)35-27-13-8-7-12-26(27)33(6)31(35)29-21(5)14-15-25-24(29)18-28-32-16-17-34(25)28/h7-19,21-22H,20H2,1-6H3;7-21,23-24H,22H2,1-6H3;7-17,19-20H,18H2,1-6H3/q3*+1/i21D,22D;;. The summed E-state index contributed by atoms with van der Waals surface area (Å²) >= 11 is 1.76. The smallest absolute Gasteiger partial charge is 0.295 e. The molecule has 588 valence electrons. The van der Waals surface area contributed by atoms with Crippen LogP contribution in [0.4, 0.5) is 0 Å². The van der Waals surface area contributed by atoms with Crippen LogP contribution in [-0.4, -0.2) is 42.4 Å². The van der Waals surface area contributed by atoms with Crippen molar-refractivity contribution in [2.75, 3.05) is 0 Å². The summed E-state index contributed by atoms with van der Waals surface area (Å²) in [4.78, 5) is 14.1. The fourth-order valence-corrected chi connectivity index (χ4v) is 21.1. The topological polar surface area (TPSA) is 79.9 Å². The Morgan fingerprint density at radius 2 is 0.856 bits per heavy atom. The number of aryl methyl sites for hydroxylation is 6. The zero-order valence-corrected chi connectivity index (χ0v) is 72.0. The van der Waals surface area contributed by atoms with Gasteiger partial charge in [-0.05, 0) is 161 Å². The molecular weight excluding hydrogens is 1460 g/mol. The minimum Gasteiger partial charge on any atom is -0.303 e. The maximum Gasteiger partial charge on any atom is 0.295 e. The van der Waals surface area contributed by atoms with E-state index in [4.69, 9.17) is 4.98 Å². The van der Waals surface area contributed by atoms with Gasteiger partial charge in [0.2, 0.25) is 0 Å². The van der Waals surface area contributed by atoms with E-state index in [2.05, 4.69) is 367 Å². The van der Waals surface area contributed by atoms with Gasteiger partial charge in [-0.1, -0.05) is 210 Å². The van der Waals surface area contributed by atoms with Gasteiger partial charge in [0, 0.05) is 124 Å². The van der Waals surface area contributed by atoms with Crippen LogP contribution in [-0.2, 0) is 40.4 Å². The molecule has 11 aromatic carbocycles. The van der Waals surface area contributed by atoms with Crippen LogP contribution in [0.15, 0.2) is 238 Å². The molecule has 7 aromatic heterocycles. The zero-order chi connectivity index (χ0) is 83.5. The molecule has 0 atom stereocenters. The van der Waals surface area contributed by atoms with Gasteiger partial charge in [-0.15, -0.1) is 11.3 Å². The summed E-state index contributed by atoms with van der Waals surface area (Å²) in [6.45, 7) is 33.2. The third-order valence-corrected chi connectivity index (χ3v) is 26.6. The summed E-state index contributed by atoms with van der Waals surface area (Å²) < 4.78 is 42.4. The van der Waals surface area contributed by atoms with Crippen LogP contribution in [0.5, 0.6) is 0 Å². The second-order valence-electron chi connectivity index (χ2n) is 34.5. The highest BCUT2D eigenvalue weighted by molar-refractivity contribution is 7.26. The number of rotatable bonds is 13. The Kier molecular flexibility index (Phi) is 18.3. The quantitative estimate of drug-likeness (QED) is 0.108. The Morgan fingerprint density at radius 1 is 0.381 bits per heavy atom. The van der Waals surface area contributed by atoms with Crippen LogP contribution >= 0.6 is 11.3 Å². The second-order valence-corrected chi connectivity index (χ2v) is 35.5. The fourth-order valence-electron chi connectivity index (χ4n) is 19.8. The monoisotopic (exact) mass is 1570 g/mol. The lowest BCUT2D eigenvalue weighted by atomic mass is 9.88. The highest BCUT2D eigenvalue weighted by Crippen LogP contribution is 2.50. The van der Waals surface area contributed by atoms with Gasteiger partial charge >= 0.3 is 0 Å². The molecule has 0 saturated carbocycles. The van der Waals surface area contributed by atoms with E-state index < -0.39 is 11.8 Å². The molecule has 0 bridgehead atoms. The van der Waals surface area contributed by atoms with Crippen LogP contribution < -0.4 is 13.7 Å². The number of thiophene rings is 1. The Labute approximate surface area is 699 Å². The molecule has 3 aliphatic rings. The van der Waals surface area contributed by atoms with E-state index in [0.717, 1.165) is 69.5 Å². The lowest BCUT2D eigenvalue weighted by Gasteiger charge is -2.21. The average molecular weight is 1570 g/mol. The molecular formula is C105H105N12S+3. The number of fused-ring (bicyclic) bond motifs is 16. The van der Waals surface area contributed by atoms with Gasteiger partial charge in [0.1, 0.15) is 46.9 Å². The van der Waals surface area contributed by atoms with Gasteiger partial charge in [-0.2, -0.15) is 13.7 Å². The zero-order valence-electron chi connectivity index (χ0n) is 73.2. The number of aromatic nitrogens is 12. The molecule has 0 spiro atoms. The van der Waals surface area contributed by atoms with Gasteiger partial charge in [-0.3, -0.25) is 0 Å². The maximum absolute atomic E-state index is 9.56. The minimum atomic E-state index is -0.918. The van der Waals surface area contributed by atoms with Gasteiger partial charge in [-0.25, -0.2) is 28.7 Å². The van der Waals surface area contributed by atoms with E-state index in [0.29, 0.717) is 23.7 Å². The van der Waals surface area contributed by atoms with E-state index in [1.807, 2.05) is 46.3 Å². The summed E-state index contributed by atoms with van der Waals surface area (Å²) in [5, 5.41) is 4.77. The summed E-state index contributed by atoms with van der Waals surface area (Å²) in [5.41, 5.74) is 33.8. The molecule has 0 saturated heterocycles. The highest BCUT2D eigenvalue weighted by atomic mass is 32.1. The summed E-state index contributed by atoms with van der Waals surface area (Å²) in [5.74, 6) is 6.47. The van der Waals surface area contributed by atoms with E-state index >= 15 is 0 Å². The van der Waals surface area contributed by atoms with Crippen molar-refractivity contribution in [2.24, 2.45) is 21.1 Å². The molecule has 3 aliphatic heterocycles. The van der Waals surface area contributed by atoms with Crippen molar-refractivity contribution in [3.8, 4) is 79.4 Å². The van der Waals surface area contributed by atoms with Crippen LogP contribution in [0.3, 0.4) is 0 Å². The molecule has 118 heavy (non-hydrogen) atoms. The Bertz CT molecular complexity index is 7130. The van der Waals surface area contributed by atoms with Crippen LogP contribution in [0.25, 0.3) is 132 Å². The minimum absolute atomic E-state index is 0.345. The predicted molar refractivity (Wildman–Crippen MR) is 487 cm³/mol. The average Bonchev–Trinajstić information content (AvgIpc) is 1.52.